The number of carbonyl (C=O) groups is 1. The molecule has 27 heavy (non-hydrogen) atoms. The molecule has 3 heterocycles. The summed E-state index contributed by atoms with van der Waals surface area (Å²) >= 11 is 0. The highest BCUT2D eigenvalue weighted by molar-refractivity contribution is 6.58. The fourth-order valence-electron chi connectivity index (χ4n) is 2.58. The Morgan fingerprint density at radius 1 is 1.37 bits per heavy atom. The molecule has 4 rings (SSSR count). The predicted molar refractivity (Wildman–Crippen MR) is 93.2 cm³/mol. The lowest BCUT2D eigenvalue weighted by atomic mass is 9.42. The van der Waals surface area contributed by atoms with Gasteiger partial charge in [0, 0.05) is 11.1 Å². The maximum atomic E-state index is 12.2. The molecule has 1 aliphatic heterocycles. The molecule has 0 bridgehead atoms. The van der Waals surface area contributed by atoms with Crippen LogP contribution < -0.4 is 10.1 Å². The van der Waals surface area contributed by atoms with Crippen LogP contribution in [0.15, 0.2) is 22.7 Å². The number of aromatic nitrogens is 6. The standard InChI is InChI=1S/C14H10B3N7O3/c1-24-21-11(20-23-24)12(25)18-8-5-26-9-4-6(2-3-7(8)9)10-19-13(27-22-10)14(15,16)17/h2-4,8H,5H2,1H3,(H,18,25)/t8-/m1/s1. The predicted octanol–water partition coefficient (Wildman–Crippen LogP) is -1.26. The molecule has 13 heteroatoms. The number of amides is 1. The van der Waals surface area contributed by atoms with Gasteiger partial charge in [-0.3, -0.25) is 4.79 Å². The van der Waals surface area contributed by atoms with Crippen molar-refractivity contribution in [3.05, 3.63) is 35.5 Å². The molecule has 0 unspecified atom stereocenters. The molecular formula is C14H10B3N7O3. The van der Waals surface area contributed by atoms with Crippen LogP contribution in [0.1, 0.15) is 28.1 Å². The van der Waals surface area contributed by atoms with Crippen LogP contribution >= 0.6 is 0 Å². The van der Waals surface area contributed by atoms with E-state index in [1.54, 1.807) is 25.2 Å². The summed E-state index contributed by atoms with van der Waals surface area (Å²) in [6.07, 6.45) is 0. The third kappa shape index (κ3) is 3.32. The third-order valence-electron chi connectivity index (χ3n) is 3.87. The minimum atomic E-state index is -1.72. The van der Waals surface area contributed by atoms with Crippen LogP contribution in [0.5, 0.6) is 5.75 Å². The van der Waals surface area contributed by atoms with E-state index in [9.17, 15) is 4.79 Å². The number of benzene rings is 1. The quantitative estimate of drug-likeness (QED) is 0.575. The lowest BCUT2D eigenvalue weighted by molar-refractivity contribution is 0.0919. The molecule has 0 spiro atoms. The van der Waals surface area contributed by atoms with Crippen molar-refractivity contribution < 1.29 is 14.1 Å². The van der Waals surface area contributed by atoms with E-state index in [0.717, 1.165) is 5.56 Å². The highest BCUT2D eigenvalue weighted by Gasteiger charge is 2.28. The molecule has 0 saturated heterocycles. The average Bonchev–Trinajstić information content (AvgIpc) is 3.33. The topological polar surface area (TPSA) is 121 Å². The van der Waals surface area contributed by atoms with Crippen LogP contribution in [0.3, 0.4) is 0 Å². The summed E-state index contributed by atoms with van der Waals surface area (Å²) in [5, 5.41) is 16.1. The first-order chi connectivity index (χ1) is 12.8. The van der Waals surface area contributed by atoms with Gasteiger partial charge in [-0.25, -0.2) is 0 Å². The first kappa shape index (κ1) is 17.3. The van der Waals surface area contributed by atoms with Gasteiger partial charge in [0.15, 0.2) is 0 Å². The van der Waals surface area contributed by atoms with E-state index in [1.807, 2.05) is 0 Å². The summed E-state index contributed by atoms with van der Waals surface area (Å²) in [6.45, 7) is 0.264. The number of nitrogens with one attached hydrogen (secondary N) is 1. The SMILES string of the molecule is [B]C([B])([B])c1nc(-c2ccc3c(c2)OC[C@H]3NC(=O)c2nnn(C)n2)no1. The zero-order chi connectivity index (χ0) is 19.2. The van der Waals surface area contributed by atoms with Gasteiger partial charge >= 0.3 is 0 Å². The number of rotatable bonds is 4. The second-order valence-electron chi connectivity index (χ2n) is 6.05. The maximum Gasteiger partial charge on any atom is 0.293 e. The number of tetrazole rings is 1. The van der Waals surface area contributed by atoms with E-state index in [0.29, 0.717) is 11.3 Å². The Hall–Kier alpha value is -3.11. The van der Waals surface area contributed by atoms with Crippen molar-refractivity contribution in [2.75, 3.05) is 6.61 Å². The minimum absolute atomic E-state index is 0.0178. The maximum absolute atomic E-state index is 12.2. The molecule has 1 atom stereocenters. The highest BCUT2D eigenvalue weighted by Crippen LogP contribution is 2.35. The Bertz CT molecular complexity index is 1010. The van der Waals surface area contributed by atoms with Crippen LogP contribution in [-0.2, 0) is 12.2 Å². The molecule has 1 N–H and O–H groups in total. The first-order valence-electron chi connectivity index (χ1n) is 7.84. The molecule has 128 valence electrons. The van der Waals surface area contributed by atoms with Gasteiger partial charge < -0.3 is 14.6 Å². The van der Waals surface area contributed by atoms with Crippen LogP contribution in [0.25, 0.3) is 11.4 Å². The summed E-state index contributed by atoms with van der Waals surface area (Å²) in [6, 6.07) is 4.93. The van der Waals surface area contributed by atoms with E-state index in [1.165, 1.54) is 4.80 Å². The van der Waals surface area contributed by atoms with Crippen molar-refractivity contribution in [1.82, 2.24) is 35.7 Å². The Morgan fingerprint density at radius 2 is 2.19 bits per heavy atom. The van der Waals surface area contributed by atoms with Gasteiger partial charge in [0.1, 0.15) is 12.4 Å². The number of carbonyl (C=O) groups excluding carboxylic acids is 1. The number of aryl methyl sites for hydroxylation is 1. The van der Waals surface area contributed by atoms with Gasteiger partial charge in [0.05, 0.1) is 36.6 Å². The van der Waals surface area contributed by atoms with Crippen LogP contribution in [0, 0.1) is 0 Å². The number of fused-ring (bicyclic) bond motifs is 1. The second kappa shape index (κ2) is 6.25. The lowest BCUT2D eigenvalue weighted by Gasteiger charge is -2.11. The lowest BCUT2D eigenvalue weighted by Crippen LogP contribution is -2.30. The van der Waals surface area contributed by atoms with Gasteiger partial charge in [-0.2, -0.15) is 9.78 Å². The monoisotopic (exact) mass is 357 g/mol. The third-order valence-corrected chi connectivity index (χ3v) is 3.87. The fraction of sp³-hybridized carbons (Fsp3) is 0.286. The smallest absolute Gasteiger partial charge is 0.293 e. The molecule has 0 aliphatic carbocycles. The summed E-state index contributed by atoms with van der Waals surface area (Å²) in [7, 11) is 18.2. The summed E-state index contributed by atoms with van der Waals surface area (Å²) < 4.78 is 10.6. The Kier molecular flexibility index (Phi) is 4.01. The van der Waals surface area contributed by atoms with Gasteiger partial charge in [0.2, 0.25) is 11.7 Å². The van der Waals surface area contributed by atoms with E-state index in [-0.39, 0.29) is 30.2 Å². The molecule has 0 fully saturated rings. The molecule has 1 aliphatic rings. The number of ether oxygens (including phenoxy) is 1. The second-order valence-corrected chi connectivity index (χ2v) is 6.05. The van der Waals surface area contributed by atoms with Gasteiger partial charge in [-0.1, -0.05) is 22.4 Å². The molecule has 3 aromatic rings. The zero-order valence-corrected chi connectivity index (χ0v) is 14.2. The highest BCUT2D eigenvalue weighted by atomic mass is 16.5. The van der Waals surface area contributed by atoms with Crippen LogP contribution in [-0.4, -0.2) is 66.4 Å². The number of hydrogen-bond donors (Lipinski definition) is 1. The largest absolute Gasteiger partial charge is 0.491 e. The summed E-state index contributed by atoms with van der Waals surface area (Å²) in [4.78, 5) is 17.5. The Balaban J connectivity index is 1.54. The molecule has 10 nitrogen and oxygen atoms in total. The molecule has 0 saturated carbocycles. The Labute approximate surface area is 157 Å². The summed E-state index contributed by atoms with van der Waals surface area (Å²) in [5.74, 6) is 0.284. The number of nitrogens with zero attached hydrogens (tertiary/aromatic N) is 6. The van der Waals surface area contributed by atoms with Crippen molar-refractivity contribution in [1.29, 1.82) is 0 Å². The van der Waals surface area contributed by atoms with E-state index in [2.05, 4.69) is 30.9 Å². The van der Waals surface area contributed by atoms with Crippen molar-refractivity contribution >= 4 is 29.4 Å². The molecule has 1 aromatic carbocycles. The molecule has 6 radical (unpaired) electrons. The fourth-order valence-corrected chi connectivity index (χ4v) is 2.58. The van der Waals surface area contributed by atoms with Crippen molar-refractivity contribution in [2.45, 2.75) is 11.2 Å². The first-order valence-corrected chi connectivity index (χ1v) is 7.84. The average molecular weight is 357 g/mol. The summed E-state index contributed by atoms with van der Waals surface area (Å²) in [5.41, 5.74) is 1.42. The van der Waals surface area contributed by atoms with Crippen molar-refractivity contribution in [3.63, 3.8) is 0 Å². The van der Waals surface area contributed by atoms with Crippen molar-refractivity contribution in [2.24, 2.45) is 7.05 Å². The van der Waals surface area contributed by atoms with E-state index >= 15 is 0 Å². The minimum Gasteiger partial charge on any atom is -0.491 e. The van der Waals surface area contributed by atoms with Gasteiger partial charge in [-0.15, -0.1) is 10.2 Å². The van der Waals surface area contributed by atoms with Crippen molar-refractivity contribution in [3.8, 4) is 17.1 Å². The Morgan fingerprint density at radius 3 is 2.85 bits per heavy atom. The van der Waals surface area contributed by atoms with Crippen LogP contribution in [0.4, 0.5) is 0 Å². The van der Waals surface area contributed by atoms with E-state index in [4.69, 9.17) is 32.8 Å². The normalized spacial score (nSPS) is 16.0. The molecule has 2 aromatic heterocycles. The zero-order valence-electron chi connectivity index (χ0n) is 14.2. The van der Waals surface area contributed by atoms with Gasteiger partial charge in [0.25, 0.3) is 11.7 Å². The van der Waals surface area contributed by atoms with Crippen LogP contribution in [0.2, 0.25) is 0 Å². The molecular weight excluding hydrogens is 347 g/mol. The van der Waals surface area contributed by atoms with Gasteiger partial charge in [-0.05, 0) is 11.3 Å². The number of hydrogen-bond acceptors (Lipinski definition) is 8. The van der Waals surface area contributed by atoms with E-state index < -0.39 is 11.0 Å². The molecule has 1 amide bonds.